The fourth-order valence-corrected chi connectivity index (χ4v) is 4.04. The Bertz CT molecular complexity index is 1070. The van der Waals surface area contributed by atoms with Gasteiger partial charge in [0.05, 0.1) is 22.9 Å². The van der Waals surface area contributed by atoms with Gasteiger partial charge in [0.25, 0.3) is 0 Å². The monoisotopic (exact) mass is 512 g/mol. The van der Waals surface area contributed by atoms with Crippen molar-refractivity contribution in [3.63, 3.8) is 0 Å². The average Bonchev–Trinajstić information content (AvgIpc) is 3.03. The number of allylic oxidation sites excluding steroid dienone is 2. The molecule has 1 heterocycles. The van der Waals surface area contributed by atoms with E-state index in [-0.39, 0.29) is 18.1 Å². The van der Waals surface area contributed by atoms with Gasteiger partial charge in [0.2, 0.25) is 5.91 Å². The van der Waals surface area contributed by atoms with Crippen LogP contribution in [0.4, 0.5) is 0 Å². The molecule has 0 fully saturated rings. The first-order valence-corrected chi connectivity index (χ1v) is 13.0. The zero-order valence-corrected chi connectivity index (χ0v) is 23.3. The van der Waals surface area contributed by atoms with Crippen LogP contribution >= 0.6 is 11.6 Å². The molecule has 1 amide bonds. The van der Waals surface area contributed by atoms with Crippen molar-refractivity contribution < 1.29 is 9.90 Å². The minimum absolute atomic E-state index is 0.0249. The second kappa shape index (κ2) is 14.3. The molecule has 36 heavy (non-hydrogen) atoms. The number of rotatable bonds is 12. The number of aryl methyl sites for hydroxylation is 1. The Morgan fingerprint density at radius 2 is 2.06 bits per heavy atom. The van der Waals surface area contributed by atoms with E-state index in [1.807, 2.05) is 25.3 Å². The Balaban J connectivity index is 2.41. The van der Waals surface area contributed by atoms with Crippen LogP contribution in [0.25, 0.3) is 0 Å². The maximum atomic E-state index is 11.4. The number of carbonyl (C=O) groups excluding carboxylic acids is 1. The van der Waals surface area contributed by atoms with Crippen molar-refractivity contribution >= 4 is 23.2 Å². The summed E-state index contributed by atoms with van der Waals surface area (Å²) in [6.07, 6.45) is 14.6. The number of unbranched alkanes of at least 4 members (excludes halogenated alkanes) is 1. The number of carbonyl (C=O) groups is 1. The van der Waals surface area contributed by atoms with Gasteiger partial charge in [-0.1, -0.05) is 49.2 Å². The Morgan fingerprint density at radius 3 is 2.69 bits per heavy atom. The summed E-state index contributed by atoms with van der Waals surface area (Å²) in [5.74, 6) is -0.0642. The van der Waals surface area contributed by atoms with E-state index in [1.165, 1.54) is 6.92 Å². The highest BCUT2D eigenvalue weighted by molar-refractivity contribution is 6.30. The van der Waals surface area contributed by atoms with E-state index in [4.69, 9.17) is 16.6 Å². The van der Waals surface area contributed by atoms with Crippen LogP contribution in [-0.4, -0.2) is 51.8 Å². The Hall–Kier alpha value is -2.54. The molecule has 2 N–H and O–H groups in total. The lowest BCUT2D eigenvalue weighted by atomic mass is 9.94. The van der Waals surface area contributed by atoms with Gasteiger partial charge in [-0.25, -0.2) is 0 Å². The largest absolute Gasteiger partial charge is 0.392 e. The van der Waals surface area contributed by atoms with Gasteiger partial charge in [-0.05, 0) is 68.9 Å². The van der Waals surface area contributed by atoms with E-state index in [0.29, 0.717) is 31.1 Å². The molecule has 0 spiro atoms. The number of aliphatic hydroxyl groups excluding tert-OH is 1. The van der Waals surface area contributed by atoms with Crippen LogP contribution in [0, 0.1) is 6.92 Å². The van der Waals surface area contributed by atoms with Gasteiger partial charge in [-0.2, -0.15) is 0 Å². The molecule has 0 atom stereocenters. The number of pyridine rings is 1. The minimum Gasteiger partial charge on any atom is -0.392 e. The molecule has 1 aliphatic rings. The van der Waals surface area contributed by atoms with E-state index >= 15 is 0 Å². The number of halogens is 1. The number of nitrogens with one attached hydrogen (secondary N) is 1. The Morgan fingerprint density at radius 1 is 1.31 bits per heavy atom. The van der Waals surface area contributed by atoms with Crippen molar-refractivity contribution in [1.82, 2.24) is 15.2 Å². The van der Waals surface area contributed by atoms with Crippen molar-refractivity contribution in [1.29, 1.82) is 0 Å². The molecule has 1 aromatic rings. The maximum absolute atomic E-state index is 11.4. The van der Waals surface area contributed by atoms with Gasteiger partial charge in [-0.3, -0.25) is 19.7 Å². The number of aliphatic imine (C=N–C) groups is 1. The van der Waals surface area contributed by atoms with Crippen molar-refractivity contribution in [2.75, 3.05) is 19.7 Å². The molecule has 0 saturated carbocycles. The van der Waals surface area contributed by atoms with Crippen LogP contribution in [0.1, 0.15) is 65.1 Å². The van der Waals surface area contributed by atoms with Gasteiger partial charge in [-0.15, -0.1) is 0 Å². The van der Waals surface area contributed by atoms with E-state index < -0.39 is 0 Å². The fourth-order valence-electron chi connectivity index (χ4n) is 3.83. The average molecular weight is 513 g/mol. The highest BCUT2D eigenvalue weighted by Crippen LogP contribution is 2.26. The van der Waals surface area contributed by atoms with Gasteiger partial charge in [0.1, 0.15) is 0 Å². The summed E-state index contributed by atoms with van der Waals surface area (Å²) >= 11 is 6.17. The first-order chi connectivity index (χ1) is 17.1. The maximum Gasteiger partial charge on any atom is 0.217 e. The SMILES string of the molecule is CCC/C=C\N=C(C)C(C)(C)N(CC1=C(CO)CC=C(CNC(C)=O)C=C1)Cc1ncc(Cl)cc1C. The number of hydrogen-bond donors (Lipinski definition) is 2. The smallest absolute Gasteiger partial charge is 0.217 e. The molecule has 1 aliphatic carbocycles. The van der Waals surface area contributed by atoms with Gasteiger partial charge >= 0.3 is 0 Å². The molecule has 2 rings (SSSR count). The summed E-state index contributed by atoms with van der Waals surface area (Å²) in [6, 6.07) is 1.94. The molecule has 1 aromatic heterocycles. The number of amides is 1. The zero-order valence-electron chi connectivity index (χ0n) is 22.6. The van der Waals surface area contributed by atoms with Crippen LogP contribution in [0.3, 0.4) is 0 Å². The Labute approximate surface area is 221 Å². The summed E-state index contributed by atoms with van der Waals surface area (Å²) in [5.41, 5.74) is 5.64. The van der Waals surface area contributed by atoms with Crippen LogP contribution in [0.15, 0.2) is 64.5 Å². The molecular weight excluding hydrogens is 472 g/mol. The molecule has 0 aromatic carbocycles. The lowest BCUT2D eigenvalue weighted by Gasteiger charge is -2.39. The van der Waals surface area contributed by atoms with E-state index in [1.54, 1.807) is 6.20 Å². The van der Waals surface area contributed by atoms with Gasteiger partial charge < -0.3 is 10.4 Å². The summed E-state index contributed by atoms with van der Waals surface area (Å²) < 4.78 is 0. The molecule has 0 saturated heterocycles. The Kier molecular flexibility index (Phi) is 11.8. The first kappa shape index (κ1) is 29.7. The fraction of sp³-hybridized carbons (Fsp3) is 0.483. The van der Waals surface area contributed by atoms with Crippen molar-refractivity contribution in [3.05, 3.63) is 75.8 Å². The molecular formula is C29H41ClN4O2. The van der Waals surface area contributed by atoms with Crippen LogP contribution in [0.2, 0.25) is 5.02 Å². The van der Waals surface area contributed by atoms with Crippen molar-refractivity contribution in [3.8, 4) is 0 Å². The van der Waals surface area contributed by atoms with Crippen molar-refractivity contribution in [2.24, 2.45) is 4.99 Å². The second-order valence-electron chi connectivity index (χ2n) is 9.73. The number of hydrogen-bond acceptors (Lipinski definition) is 5. The standard InChI is InChI=1S/C29H41ClN4O2/c1-7-8-9-14-31-22(3)29(5,6)34(19-28-21(2)15-27(30)17-33-28)18-25-12-10-24(16-32-23(4)36)11-13-26(25)20-35/h9-12,14-15,17,35H,7-8,13,16,18-20H2,1-6H3,(H,32,36)/b14-9-,31-22?. The molecule has 0 bridgehead atoms. The second-order valence-corrected chi connectivity index (χ2v) is 10.2. The number of nitrogens with zero attached hydrogens (tertiary/aromatic N) is 3. The summed E-state index contributed by atoms with van der Waals surface area (Å²) in [5, 5.41) is 13.7. The summed E-state index contributed by atoms with van der Waals surface area (Å²) in [7, 11) is 0. The quantitative estimate of drug-likeness (QED) is 0.351. The van der Waals surface area contributed by atoms with Crippen LogP contribution in [0.5, 0.6) is 0 Å². The van der Waals surface area contributed by atoms with E-state index in [0.717, 1.165) is 46.5 Å². The van der Waals surface area contributed by atoms with Gasteiger partial charge in [0, 0.05) is 44.7 Å². The minimum atomic E-state index is -0.384. The topological polar surface area (TPSA) is 77.8 Å². The van der Waals surface area contributed by atoms with E-state index in [2.05, 4.69) is 61.1 Å². The van der Waals surface area contributed by atoms with E-state index in [9.17, 15) is 9.90 Å². The zero-order chi connectivity index (χ0) is 26.7. The van der Waals surface area contributed by atoms with Crippen LogP contribution in [-0.2, 0) is 11.3 Å². The predicted molar refractivity (Wildman–Crippen MR) is 150 cm³/mol. The normalized spacial score (nSPS) is 15.0. The third kappa shape index (κ3) is 8.84. The highest BCUT2D eigenvalue weighted by atomic mass is 35.5. The molecule has 7 heteroatoms. The number of aliphatic hydroxyl groups is 1. The molecule has 0 unspecified atom stereocenters. The summed E-state index contributed by atoms with van der Waals surface area (Å²) in [4.78, 5) is 23.1. The molecule has 6 nitrogen and oxygen atoms in total. The lowest BCUT2D eigenvalue weighted by Crippen LogP contribution is -2.49. The number of aromatic nitrogens is 1. The summed E-state index contributed by atoms with van der Waals surface area (Å²) in [6.45, 7) is 13.7. The molecule has 0 aliphatic heterocycles. The predicted octanol–water partition coefficient (Wildman–Crippen LogP) is 5.71. The van der Waals surface area contributed by atoms with Gasteiger partial charge in [0.15, 0.2) is 0 Å². The van der Waals surface area contributed by atoms with Crippen LogP contribution < -0.4 is 5.32 Å². The third-order valence-corrected chi connectivity index (χ3v) is 6.86. The molecule has 0 radical (unpaired) electrons. The first-order valence-electron chi connectivity index (χ1n) is 12.6. The highest BCUT2D eigenvalue weighted by Gasteiger charge is 2.31. The third-order valence-electron chi connectivity index (χ3n) is 6.66. The lowest BCUT2D eigenvalue weighted by molar-refractivity contribution is -0.118. The molecule has 196 valence electrons. The van der Waals surface area contributed by atoms with Crippen molar-refractivity contribution in [2.45, 2.75) is 72.9 Å².